The molecular formula is C15H17NO3. The second-order valence-electron chi connectivity index (χ2n) is 4.97. The topological polar surface area (TPSA) is 54.5 Å². The lowest BCUT2D eigenvalue weighted by molar-refractivity contribution is -0.122. The maximum atomic E-state index is 12.3. The number of nitrogens with zero attached hydrogens (tertiary/aromatic N) is 1. The first kappa shape index (κ1) is 13.5. The molecule has 0 saturated heterocycles. The largest absolute Gasteiger partial charge is 0.298 e. The molecule has 1 aliphatic heterocycles. The van der Waals surface area contributed by atoms with Gasteiger partial charge in [0.05, 0.1) is 11.1 Å². The van der Waals surface area contributed by atoms with Crippen molar-refractivity contribution in [2.45, 2.75) is 33.2 Å². The molecule has 1 aromatic rings. The molecule has 100 valence electrons. The highest BCUT2D eigenvalue weighted by molar-refractivity contribution is 6.22. The third kappa shape index (κ3) is 2.07. The fraction of sp³-hybridized carbons (Fsp3) is 0.400. The van der Waals surface area contributed by atoms with Crippen LogP contribution in [0.5, 0.6) is 0 Å². The summed E-state index contributed by atoms with van der Waals surface area (Å²) < 4.78 is 0. The molecule has 2 rings (SSSR count). The van der Waals surface area contributed by atoms with Crippen molar-refractivity contribution in [3.63, 3.8) is 0 Å². The first-order valence-electron chi connectivity index (χ1n) is 6.46. The molecule has 4 nitrogen and oxygen atoms in total. The van der Waals surface area contributed by atoms with E-state index in [9.17, 15) is 14.4 Å². The molecule has 2 unspecified atom stereocenters. The summed E-state index contributed by atoms with van der Waals surface area (Å²) in [4.78, 5) is 37.6. The van der Waals surface area contributed by atoms with Crippen molar-refractivity contribution in [2.24, 2.45) is 5.92 Å². The number of hydrogen-bond acceptors (Lipinski definition) is 3. The van der Waals surface area contributed by atoms with E-state index in [0.29, 0.717) is 11.1 Å². The van der Waals surface area contributed by atoms with Crippen molar-refractivity contribution in [1.82, 2.24) is 4.90 Å². The van der Waals surface area contributed by atoms with Crippen LogP contribution in [0.2, 0.25) is 0 Å². The van der Waals surface area contributed by atoms with E-state index in [2.05, 4.69) is 0 Å². The van der Waals surface area contributed by atoms with E-state index in [1.807, 2.05) is 13.8 Å². The van der Waals surface area contributed by atoms with Gasteiger partial charge >= 0.3 is 0 Å². The van der Waals surface area contributed by atoms with Crippen LogP contribution in [-0.4, -0.2) is 28.5 Å². The molecule has 0 aliphatic carbocycles. The summed E-state index contributed by atoms with van der Waals surface area (Å²) in [7, 11) is 0. The van der Waals surface area contributed by atoms with Crippen LogP contribution in [0.3, 0.4) is 0 Å². The third-order valence-electron chi connectivity index (χ3n) is 3.70. The molecule has 0 fully saturated rings. The molecule has 0 bridgehead atoms. The Kier molecular flexibility index (Phi) is 3.51. The van der Waals surface area contributed by atoms with Crippen LogP contribution in [-0.2, 0) is 4.79 Å². The maximum absolute atomic E-state index is 12.3. The standard InChI is InChI=1S/C15H17NO3/c1-4-9(2)13(10(3)17)16-14(18)11-7-5-6-8-12(11)15(16)19/h5-9,13H,4H2,1-3H3. The zero-order valence-corrected chi connectivity index (χ0v) is 11.3. The lowest BCUT2D eigenvalue weighted by Gasteiger charge is -2.28. The summed E-state index contributed by atoms with van der Waals surface area (Å²) in [5.74, 6) is -0.911. The lowest BCUT2D eigenvalue weighted by atomic mass is 9.94. The highest BCUT2D eigenvalue weighted by Gasteiger charge is 2.42. The van der Waals surface area contributed by atoms with E-state index in [4.69, 9.17) is 0 Å². The summed E-state index contributed by atoms with van der Waals surface area (Å²) >= 11 is 0. The predicted molar refractivity (Wildman–Crippen MR) is 70.9 cm³/mol. The van der Waals surface area contributed by atoms with Crippen molar-refractivity contribution in [2.75, 3.05) is 0 Å². The van der Waals surface area contributed by atoms with E-state index in [0.717, 1.165) is 11.3 Å². The van der Waals surface area contributed by atoms with Crippen LogP contribution in [0.4, 0.5) is 0 Å². The van der Waals surface area contributed by atoms with Gasteiger partial charge in [-0.3, -0.25) is 19.3 Å². The second kappa shape index (κ2) is 4.96. The number of ketones is 1. The summed E-state index contributed by atoms with van der Waals surface area (Å²) in [6.07, 6.45) is 0.734. The van der Waals surface area contributed by atoms with Crippen molar-refractivity contribution < 1.29 is 14.4 Å². The Bertz CT molecular complexity index is 515. The van der Waals surface area contributed by atoms with Gasteiger partial charge in [0.15, 0.2) is 5.78 Å². The molecule has 0 radical (unpaired) electrons. The van der Waals surface area contributed by atoms with E-state index in [-0.39, 0.29) is 23.5 Å². The molecule has 0 spiro atoms. The van der Waals surface area contributed by atoms with Gasteiger partial charge in [0.1, 0.15) is 6.04 Å². The van der Waals surface area contributed by atoms with Gasteiger partial charge in [-0.05, 0) is 25.0 Å². The monoisotopic (exact) mass is 259 g/mol. The van der Waals surface area contributed by atoms with Gasteiger partial charge < -0.3 is 0 Å². The van der Waals surface area contributed by atoms with Gasteiger partial charge in [0, 0.05) is 0 Å². The molecule has 0 aromatic heterocycles. The Morgan fingerprint density at radius 3 is 2.00 bits per heavy atom. The number of benzene rings is 1. The molecule has 0 N–H and O–H groups in total. The SMILES string of the molecule is CCC(C)C(C(C)=O)N1C(=O)c2ccccc2C1=O. The summed E-state index contributed by atoms with van der Waals surface area (Å²) in [6, 6.07) is 6.03. The van der Waals surface area contributed by atoms with Gasteiger partial charge in [0.2, 0.25) is 0 Å². The van der Waals surface area contributed by atoms with Crippen LogP contribution in [0.1, 0.15) is 47.9 Å². The number of rotatable bonds is 4. The van der Waals surface area contributed by atoms with Crippen LogP contribution in [0.25, 0.3) is 0 Å². The fourth-order valence-corrected chi connectivity index (χ4v) is 2.52. The van der Waals surface area contributed by atoms with Crippen molar-refractivity contribution >= 4 is 17.6 Å². The summed E-state index contributed by atoms with van der Waals surface area (Å²) in [5, 5.41) is 0. The Balaban J connectivity index is 2.45. The zero-order chi connectivity index (χ0) is 14.2. The van der Waals surface area contributed by atoms with Crippen molar-refractivity contribution in [3.05, 3.63) is 35.4 Å². The van der Waals surface area contributed by atoms with E-state index in [1.54, 1.807) is 24.3 Å². The van der Waals surface area contributed by atoms with Gasteiger partial charge in [-0.1, -0.05) is 32.4 Å². The third-order valence-corrected chi connectivity index (χ3v) is 3.70. The first-order valence-corrected chi connectivity index (χ1v) is 6.46. The Morgan fingerprint density at radius 1 is 1.16 bits per heavy atom. The zero-order valence-electron chi connectivity index (χ0n) is 11.3. The molecule has 4 heteroatoms. The minimum atomic E-state index is -0.669. The van der Waals surface area contributed by atoms with Crippen LogP contribution >= 0.6 is 0 Å². The first-order chi connectivity index (χ1) is 8.99. The normalized spacial score (nSPS) is 17.3. The van der Waals surface area contributed by atoms with Crippen LogP contribution in [0.15, 0.2) is 24.3 Å². The Hall–Kier alpha value is -1.97. The van der Waals surface area contributed by atoms with E-state index >= 15 is 0 Å². The average Bonchev–Trinajstić information content (AvgIpc) is 2.64. The fourth-order valence-electron chi connectivity index (χ4n) is 2.52. The number of Topliss-reactive ketones (excluding diaryl/α,β-unsaturated/α-hetero) is 1. The minimum Gasteiger partial charge on any atom is -0.298 e. The van der Waals surface area contributed by atoms with Gasteiger partial charge in [0.25, 0.3) is 11.8 Å². The summed E-state index contributed by atoms with van der Waals surface area (Å²) in [5.41, 5.74) is 0.782. The Morgan fingerprint density at radius 2 is 1.63 bits per heavy atom. The van der Waals surface area contributed by atoms with E-state index in [1.165, 1.54) is 6.92 Å². The average molecular weight is 259 g/mol. The molecule has 1 heterocycles. The number of imide groups is 1. The smallest absolute Gasteiger partial charge is 0.262 e. The molecule has 2 atom stereocenters. The number of carbonyl (C=O) groups excluding carboxylic acids is 3. The quantitative estimate of drug-likeness (QED) is 0.779. The summed E-state index contributed by atoms with van der Waals surface area (Å²) in [6.45, 7) is 5.26. The number of carbonyl (C=O) groups is 3. The molecular weight excluding hydrogens is 242 g/mol. The van der Waals surface area contributed by atoms with Crippen LogP contribution < -0.4 is 0 Å². The van der Waals surface area contributed by atoms with Crippen molar-refractivity contribution in [3.8, 4) is 0 Å². The second-order valence-corrected chi connectivity index (χ2v) is 4.97. The molecule has 1 aromatic carbocycles. The number of amides is 2. The maximum Gasteiger partial charge on any atom is 0.262 e. The highest BCUT2D eigenvalue weighted by atomic mass is 16.2. The number of fused-ring (bicyclic) bond motifs is 1. The molecule has 19 heavy (non-hydrogen) atoms. The van der Waals surface area contributed by atoms with Gasteiger partial charge in [-0.2, -0.15) is 0 Å². The molecule has 1 aliphatic rings. The highest BCUT2D eigenvalue weighted by Crippen LogP contribution is 2.28. The minimum absolute atomic E-state index is 0.0419. The van der Waals surface area contributed by atoms with Gasteiger partial charge in [-0.25, -0.2) is 0 Å². The molecule has 2 amide bonds. The van der Waals surface area contributed by atoms with Gasteiger partial charge in [-0.15, -0.1) is 0 Å². The Labute approximate surface area is 112 Å². The van der Waals surface area contributed by atoms with Crippen molar-refractivity contribution in [1.29, 1.82) is 0 Å². The number of hydrogen-bond donors (Lipinski definition) is 0. The van der Waals surface area contributed by atoms with Crippen LogP contribution in [0, 0.1) is 5.92 Å². The molecule has 0 saturated carbocycles. The van der Waals surface area contributed by atoms with E-state index < -0.39 is 6.04 Å². The lowest BCUT2D eigenvalue weighted by Crippen LogP contribution is -2.47. The predicted octanol–water partition coefficient (Wildman–Crippen LogP) is 2.29.